The number of carbonyl (C=O) groups excluding carboxylic acids is 1. The SMILES string of the molecule is C[C@@](O)(CSc1cccc(Cl)c1)C(=O)Nc1ccccc1. The molecule has 0 aliphatic carbocycles. The van der Waals surface area contributed by atoms with Crippen LogP contribution < -0.4 is 5.32 Å². The highest BCUT2D eigenvalue weighted by molar-refractivity contribution is 7.99. The molecule has 0 bridgehead atoms. The molecule has 21 heavy (non-hydrogen) atoms. The first-order valence-corrected chi connectivity index (χ1v) is 7.81. The van der Waals surface area contributed by atoms with E-state index in [0.29, 0.717) is 10.7 Å². The first-order valence-electron chi connectivity index (χ1n) is 6.45. The van der Waals surface area contributed by atoms with Gasteiger partial charge in [-0.3, -0.25) is 4.79 Å². The monoisotopic (exact) mass is 321 g/mol. The summed E-state index contributed by atoms with van der Waals surface area (Å²) in [6.45, 7) is 1.50. The van der Waals surface area contributed by atoms with Gasteiger partial charge in [-0.15, -0.1) is 11.8 Å². The number of rotatable bonds is 5. The van der Waals surface area contributed by atoms with Crippen LogP contribution in [0, 0.1) is 0 Å². The van der Waals surface area contributed by atoms with E-state index in [4.69, 9.17) is 11.6 Å². The molecule has 3 nitrogen and oxygen atoms in total. The van der Waals surface area contributed by atoms with Crippen LogP contribution in [-0.4, -0.2) is 22.4 Å². The van der Waals surface area contributed by atoms with E-state index in [1.165, 1.54) is 18.7 Å². The summed E-state index contributed by atoms with van der Waals surface area (Å²) in [5.74, 6) is -0.185. The Labute approximate surface area is 133 Å². The second kappa shape index (κ2) is 6.98. The third kappa shape index (κ3) is 4.77. The van der Waals surface area contributed by atoms with Gasteiger partial charge in [-0.2, -0.15) is 0 Å². The molecule has 1 atom stereocenters. The molecule has 0 heterocycles. The Morgan fingerprint density at radius 1 is 1.24 bits per heavy atom. The summed E-state index contributed by atoms with van der Waals surface area (Å²) >= 11 is 7.29. The molecule has 0 aliphatic heterocycles. The Hall–Kier alpha value is -1.49. The summed E-state index contributed by atoms with van der Waals surface area (Å²) in [7, 11) is 0. The maximum absolute atomic E-state index is 12.1. The van der Waals surface area contributed by atoms with Gasteiger partial charge in [0.15, 0.2) is 0 Å². The average Bonchev–Trinajstić information content (AvgIpc) is 2.46. The normalized spacial score (nSPS) is 13.5. The molecule has 0 unspecified atom stereocenters. The van der Waals surface area contributed by atoms with Crippen molar-refractivity contribution in [2.75, 3.05) is 11.1 Å². The lowest BCUT2D eigenvalue weighted by atomic mass is 10.1. The molecule has 0 fully saturated rings. The van der Waals surface area contributed by atoms with Crippen molar-refractivity contribution in [3.63, 3.8) is 0 Å². The van der Waals surface area contributed by atoms with Gasteiger partial charge < -0.3 is 10.4 Å². The van der Waals surface area contributed by atoms with Crippen LogP contribution in [0.1, 0.15) is 6.92 Å². The van der Waals surface area contributed by atoms with Crippen LogP contribution in [0.15, 0.2) is 59.5 Å². The molecule has 2 aromatic carbocycles. The van der Waals surface area contributed by atoms with E-state index in [1.54, 1.807) is 24.3 Å². The van der Waals surface area contributed by atoms with Crippen LogP contribution in [0.5, 0.6) is 0 Å². The highest BCUT2D eigenvalue weighted by Crippen LogP contribution is 2.25. The maximum Gasteiger partial charge on any atom is 0.256 e. The second-order valence-electron chi connectivity index (χ2n) is 4.84. The summed E-state index contributed by atoms with van der Waals surface area (Å²) in [5, 5.41) is 13.6. The molecule has 5 heteroatoms. The molecule has 0 spiro atoms. The van der Waals surface area contributed by atoms with Crippen LogP contribution in [0.25, 0.3) is 0 Å². The standard InChI is InChI=1S/C16H16ClNO2S/c1-16(20,11-21-14-9-5-6-12(17)10-14)15(19)18-13-7-3-2-4-8-13/h2-10,20H,11H2,1H3,(H,18,19)/t16-/m1/s1. The zero-order valence-corrected chi connectivity index (χ0v) is 13.1. The fourth-order valence-corrected chi connectivity index (χ4v) is 2.85. The van der Waals surface area contributed by atoms with Crippen molar-refractivity contribution in [1.82, 2.24) is 0 Å². The molecule has 2 rings (SSSR count). The number of halogens is 1. The van der Waals surface area contributed by atoms with Crippen LogP contribution in [-0.2, 0) is 4.79 Å². The maximum atomic E-state index is 12.1. The zero-order valence-electron chi connectivity index (χ0n) is 11.5. The predicted molar refractivity (Wildman–Crippen MR) is 87.9 cm³/mol. The number of thioether (sulfide) groups is 1. The van der Waals surface area contributed by atoms with Crippen molar-refractivity contribution < 1.29 is 9.90 Å². The molecule has 1 amide bonds. The molecular weight excluding hydrogens is 306 g/mol. The highest BCUT2D eigenvalue weighted by Gasteiger charge is 2.30. The number of carbonyl (C=O) groups is 1. The summed E-state index contributed by atoms with van der Waals surface area (Å²) in [6, 6.07) is 16.4. The highest BCUT2D eigenvalue weighted by atomic mass is 35.5. The summed E-state index contributed by atoms with van der Waals surface area (Å²) in [5.41, 5.74) is -0.807. The van der Waals surface area contributed by atoms with E-state index in [9.17, 15) is 9.90 Å². The van der Waals surface area contributed by atoms with Crippen molar-refractivity contribution in [3.05, 3.63) is 59.6 Å². The van der Waals surface area contributed by atoms with Crippen molar-refractivity contribution in [3.8, 4) is 0 Å². The quantitative estimate of drug-likeness (QED) is 0.823. The Morgan fingerprint density at radius 3 is 2.62 bits per heavy atom. The molecule has 0 radical (unpaired) electrons. The third-order valence-electron chi connectivity index (χ3n) is 2.84. The summed E-state index contributed by atoms with van der Waals surface area (Å²) in [6.07, 6.45) is 0. The van der Waals surface area contributed by atoms with Crippen LogP contribution >= 0.6 is 23.4 Å². The van der Waals surface area contributed by atoms with E-state index < -0.39 is 11.5 Å². The van der Waals surface area contributed by atoms with Gasteiger partial charge in [0.25, 0.3) is 5.91 Å². The van der Waals surface area contributed by atoms with Crippen molar-refractivity contribution >= 4 is 35.0 Å². The smallest absolute Gasteiger partial charge is 0.256 e. The summed E-state index contributed by atoms with van der Waals surface area (Å²) < 4.78 is 0. The van der Waals surface area contributed by atoms with Gasteiger partial charge in [0, 0.05) is 21.4 Å². The predicted octanol–water partition coefficient (Wildman–Crippen LogP) is 3.82. The minimum absolute atomic E-state index is 0.242. The molecule has 0 saturated carbocycles. The Balaban J connectivity index is 1.96. The largest absolute Gasteiger partial charge is 0.379 e. The molecule has 0 saturated heterocycles. The lowest BCUT2D eigenvalue weighted by molar-refractivity contribution is -0.130. The number of benzene rings is 2. The molecule has 0 aromatic heterocycles. The average molecular weight is 322 g/mol. The molecule has 2 N–H and O–H groups in total. The van der Waals surface area contributed by atoms with Gasteiger partial charge in [0.2, 0.25) is 0 Å². The van der Waals surface area contributed by atoms with Crippen molar-refractivity contribution in [2.45, 2.75) is 17.4 Å². The fraction of sp³-hybridized carbons (Fsp3) is 0.188. The van der Waals surface area contributed by atoms with Gasteiger partial charge in [-0.1, -0.05) is 35.9 Å². The number of anilines is 1. The molecule has 0 aliphatic rings. The Morgan fingerprint density at radius 2 is 1.95 bits per heavy atom. The first kappa shape index (κ1) is 15.9. The molecule has 110 valence electrons. The van der Waals surface area contributed by atoms with Gasteiger partial charge >= 0.3 is 0 Å². The third-order valence-corrected chi connectivity index (χ3v) is 4.37. The van der Waals surface area contributed by atoms with E-state index in [2.05, 4.69) is 5.32 Å². The lowest BCUT2D eigenvalue weighted by Crippen LogP contribution is -2.42. The van der Waals surface area contributed by atoms with Gasteiger partial charge in [-0.25, -0.2) is 0 Å². The number of para-hydroxylation sites is 1. The number of hydrogen-bond donors (Lipinski definition) is 2. The van der Waals surface area contributed by atoms with E-state index in [0.717, 1.165) is 4.90 Å². The van der Waals surface area contributed by atoms with Gasteiger partial charge in [0.1, 0.15) is 5.60 Å². The lowest BCUT2D eigenvalue weighted by Gasteiger charge is -2.22. The van der Waals surface area contributed by atoms with E-state index in [1.807, 2.05) is 30.3 Å². The minimum atomic E-state index is -1.47. The Bertz CT molecular complexity index is 617. The van der Waals surface area contributed by atoms with Gasteiger partial charge in [-0.05, 0) is 37.3 Å². The van der Waals surface area contributed by atoms with Gasteiger partial charge in [0.05, 0.1) is 0 Å². The van der Waals surface area contributed by atoms with E-state index in [-0.39, 0.29) is 5.75 Å². The topological polar surface area (TPSA) is 49.3 Å². The number of nitrogens with one attached hydrogen (secondary N) is 1. The Kier molecular flexibility index (Phi) is 5.28. The molecule has 2 aromatic rings. The zero-order chi connectivity index (χ0) is 15.3. The minimum Gasteiger partial charge on any atom is -0.379 e. The molecular formula is C16H16ClNO2S. The number of amides is 1. The second-order valence-corrected chi connectivity index (χ2v) is 6.33. The fourth-order valence-electron chi connectivity index (χ4n) is 1.63. The van der Waals surface area contributed by atoms with E-state index >= 15 is 0 Å². The summed E-state index contributed by atoms with van der Waals surface area (Å²) in [4.78, 5) is 13.0. The number of aliphatic hydroxyl groups is 1. The first-order chi connectivity index (χ1) is 9.97. The number of hydrogen-bond acceptors (Lipinski definition) is 3. The van der Waals surface area contributed by atoms with Crippen molar-refractivity contribution in [1.29, 1.82) is 0 Å². The van der Waals surface area contributed by atoms with Crippen molar-refractivity contribution in [2.24, 2.45) is 0 Å². The van der Waals surface area contributed by atoms with Crippen LogP contribution in [0.4, 0.5) is 5.69 Å². The van der Waals surface area contributed by atoms with Crippen LogP contribution in [0.2, 0.25) is 5.02 Å². The van der Waals surface area contributed by atoms with Crippen LogP contribution in [0.3, 0.4) is 0 Å².